The minimum Gasteiger partial charge on any atom is -0.346 e. The second kappa shape index (κ2) is 7.66. The molecule has 1 aliphatic carbocycles. The van der Waals surface area contributed by atoms with Gasteiger partial charge < -0.3 is 15.5 Å². The number of nitrogens with one attached hydrogen (secondary N) is 2. The van der Waals surface area contributed by atoms with Gasteiger partial charge in [-0.3, -0.25) is 9.59 Å². The monoisotopic (exact) mass is 342 g/mol. The molecule has 0 spiro atoms. The number of amides is 2. The third-order valence-corrected chi connectivity index (χ3v) is 4.65. The maximum atomic E-state index is 12.0. The van der Waals surface area contributed by atoms with E-state index < -0.39 is 17.2 Å². The highest BCUT2D eigenvalue weighted by atomic mass is 16.2. The first kappa shape index (κ1) is 18.9. The number of carbonyl (C=O) groups is 2. The number of nitriles is 1. The summed E-state index contributed by atoms with van der Waals surface area (Å²) in [7, 11) is 3.97. The van der Waals surface area contributed by atoms with Gasteiger partial charge in [0.1, 0.15) is 0 Å². The van der Waals surface area contributed by atoms with Crippen LogP contribution in [0.1, 0.15) is 32.3 Å². The van der Waals surface area contributed by atoms with Crippen LogP contribution in [0.25, 0.3) is 0 Å². The van der Waals surface area contributed by atoms with Gasteiger partial charge >= 0.3 is 11.8 Å². The Labute approximate surface area is 149 Å². The third kappa shape index (κ3) is 5.04. The maximum Gasteiger partial charge on any atom is 0.313 e. The highest BCUT2D eigenvalue weighted by Crippen LogP contribution is 2.34. The number of nitrogens with zero attached hydrogens (tertiary/aromatic N) is 2. The zero-order valence-corrected chi connectivity index (χ0v) is 15.3. The van der Waals surface area contributed by atoms with Gasteiger partial charge in [-0.25, -0.2) is 0 Å². The molecule has 0 aromatic heterocycles. The van der Waals surface area contributed by atoms with Gasteiger partial charge in [0.15, 0.2) is 0 Å². The van der Waals surface area contributed by atoms with Gasteiger partial charge in [-0.05, 0) is 64.4 Å². The lowest BCUT2D eigenvalue weighted by Gasteiger charge is -2.24. The molecule has 1 unspecified atom stereocenters. The summed E-state index contributed by atoms with van der Waals surface area (Å²) in [4.78, 5) is 26.1. The van der Waals surface area contributed by atoms with Crippen LogP contribution >= 0.6 is 0 Å². The molecule has 0 saturated heterocycles. The average Bonchev–Trinajstić information content (AvgIpc) is 3.40. The van der Waals surface area contributed by atoms with Crippen molar-refractivity contribution in [2.75, 3.05) is 26.0 Å². The molecule has 6 nitrogen and oxygen atoms in total. The number of benzene rings is 1. The topological polar surface area (TPSA) is 85.2 Å². The molecule has 2 rings (SSSR count). The Morgan fingerprint density at radius 1 is 1.24 bits per heavy atom. The molecule has 1 aromatic carbocycles. The molecule has 1 saturated carbocycles. The van der Waals surface area contributed by atoms with Crippen molar-refractivity contribution < 1.29 is 9.59 Å². The van der Waals surface area contributed by atoms with E-state index in [0.717, 1.165) is 5.56 Å². The van der Waals surface area contributed by atoms with Crippen LogP contribution in [0.2, 0.25) is 0 Å². The lowest BCUT2D eigenvalue weighted by molar-refractivity contribution is -0.136. The summed E-state index contributed by atoms with van der Waals surface area (Å²) in [5.41, 5.74) is 0.795. The van der Waals surface area contributed by atoms with Crippen molar-refractivity contribution in [3.63, 3.8) is 0 Å². The standard InChI is InChI=1S/C19H26N4O2/c1-19(2,12-20)14-7-9-15(10-8-14)22-18(25)17(24)21-11-16(23(3)4)13-5-6-13/h7-10,13,16H,5-6,11H2,1-4H3,(H,21,24)(H,22,25). The average molecular weight is 342 g/mol. The summed E-state index contributed by atoms with van der Waals surface area (Å²) < 4.78 is 0. The normalized spacial score (nSPS) is 15.4. The van der Waals surface area contributed by atoms with E-state index in [1.54, 1.807) is 24.3 Å². The van der Waals surface area contributed by atoms with E-state index in [4.69, 9.17) is 5.26 Å². The summed E-state index contributed by atoms with van der Waals surface area (Å²) in [5, 5.41) is 14.4. The highest BCUT2D eigenvalue weighted by molar-refractivity contribution is 6.39. The van der Waals surface area contributed by atoms with Crippen LogP contribution in [0.15, 0.2) is 24.3 Å². The Balaban J connectivity index is 1.88. The van der Waals surface area contributed by atoms with Crippen LogP contribution in [0.5, 0.6) is 0 Å². The van der Waals surface area contributed by atoms with Gasteiger partial charge in [0, 0.05) is 18.3 Å². The molecule has 134 valence electrons. The molecule has 6 heteroatoms. The largest absolute Gasteiger partial charge is 0.346 e. The van der Waals surface area contributed by atoms with Gasteiger partial charge in [0.05, 0.1) is 11.5 Å². The number of carbonyl (C=O) groups excluding carboxylic acids is 2. The predicted octanol–water partition coefficient (Wildman–Crippen LogP) is 1.88. The Morgan fingerprint density at radius 2 is 1.84 bits per heavy atom. The number of hydrogen-bond acceptors (Lipinski definition) is 4. The molecule has 2 amide bonds. The van der Waals surface area contributed by atoms with Crippen molar-refractivity contribution in [2.24, 2.45) is 5.92 Å². The Morgan fingerprint density at radius 3 is 2.32 bits per heavy atom. The van der Waals surface area contributed by atoms with Gasteiger partial charge in [0.25, 0.3) is 0 Å². The first-order chi connectivity index (χ1) is 11.7. The Hall–Kier alpha value is -2.39. The molecule has 0 radical (unpaired) electrons. The molecule has 0 bridgehead atoms. The van der Waals surface area contributed by atoms with Crippen LogP contribution in [0.3, 0.4) is 0 Å². The molecule has 1 atom stereocenters. The highest BCUT2D eigenvalue weighted by Gasteiger charge is 2.33. The zero-order chi connectivity index (χ0) is 18.6. The number of likely N-dealkylation sites (N-methyl/N-ethyl adjacent to an activating group) is 1. The number of anilines is 1. The number of hydrogen-bond donors (Lipinski definition) is 2. The van der Waals surface area contributed by atoms with E-state index in [9.17, 15) is 9.59 Å². The smallest absolute Gasteiger partial charge is 0.313 e. The molecule has 0 aliphatic heterocycles. The van der Waals surface area contributed by atoms with Crippen LogP contribution in [0, 0.1) is 17.2 Å². The molecular weight excluding hydrogens is 316 g/mol. The van der Waals surface area contributed by atoms with Gasteiger partial charge in [0.2, 0.25) is 0 Å². The molecule has 0 heterocycles. The summed E-state index contributed by atoms with van der Waals surface area (Å²) in [6, 6.07) is 9.47. The predicted molar refractivity (Wildman–Crippen MR) is 96.9 cm³/mol. The fraction of sp³-hybridized carbons (Fsp3) is 0.526. The van der Waals surface area contributed by atoms with Gasteiger partial charge in [-0.1, -0.05) is 12.1 Å². The first-order valence-electron chi connectivity index (χ1n) is 8.52. The minimum atomic E-state index is -0.680. The molecule has 1 aromatic rings. The Bertz CT molecular complexity index is 668. The summed E-state index contributed by atoms with van der Waals surface area (Å²) in [6.45, 7) is 4.13. The van der Waals surface area contributed by atoms with Crippen LogP contribution in [-0.2, 0) is 15.0 Å². The van der Waals surface area contributed by atoms with E-state index in [-0.39, 0.29) is 6.04 Å². The summed E-state index contributed by atoms with van der Waals surface area (Å²) in [6.07, 6.45) is 2.35. The quantitative estimate of drug-likeness (QED) is 0.773. The SMILES string of the molecule is CN(C)C(CNC(=O)C(=O)Nc1ccc(C(C)(C)C#N)cc1)C1CC1. The van der Waals surface area contributed by atoms with Crippen molar-refractivity contribution in [1.29, 1.82) is 5.26 Å². The maximum absolute atomic E-state index is 12.0. The van der Waals surface area contributed by atoms with Crippen molar-refractivity contribution in [2.45, 2.75) is 38.1 Å². The Kier molecular flexibility index (Phi) is 5.81. The van der Waals surface area contributed by atoms with Gasteiger partial charge in [-0.15, -0.1) is 0 Å². The second-order valence-electron chi connectivity index (χ2n) is 7.35. The molecule has 2 N–H and O–H groups in total. The molecular formula is C19H26N4O2. The zero-order valence-electron chi connectivity index (χ0n) is 15.3. The van der Waals surface area contributed by atoms with E-state index in [1.807, 2.05) is 27.9 Å². The minimum absolute atomic E-state index is 0.268. The van der Waals surface area contributed by atoms with Crippen molar-refractivity contribution in [3.8, 4) is 6.07 Å². The van der Waals surface area contributed by atoms with E-state index in [1.165, 1.54) is 12.8 Å². The van der Waals surface area contributed by atoms with E-state index >= 15 is 0 Å². The fourth-order valence-corrected chi connectivity index (χ4v) is 2.75. The summed E-state index contributed by atoms with van der Waals surface area (Å²) >= 11 is 0. The van der Waals surface area contributed by atoms with Gasteiger partial charge in [-0.2, -0.15) is 5.26 Å². The molecule has 25 heavy (non-hydrogen) atoms. The van der Waals surface area contributed by atoms with Crippen molar-refractivity contribution >= 4 is 17.5 Å². The molecule has 1 aliphatic rings. The lowest BCUT2D eigenvalue weighted by atomic mass is 9.86. The van der Waals surface area contributed by atoms with E-state index in [0.29, 0.717) is 18.2 Å². The van der Waals surface area contributed by atoms with Crippen molar-refractivity contribution in [1.82, 2.24) is 10.2 Å². The van der Waals surface area contributed by atoms with Crippen LogP contribution in [-0.4, -0.2) is 43.4 Å². The van der Waals surface area contributed by atoms with Crippen LogP contribution < -0.4 is 10.6 Å². The fourth-order valence-electron chi connectivity index (χ4n) is 2.75. The second-order valence-corrected chi connectivity index (χ2v) is 7.35. The summed E-state index contributed by atoms with van der Waals surface area (Å²) in [5.74, 6) is -0.705. The van der Waals surface area contributed by atoms with Crippen LogP contribution in [0.4, 0.5) is 5.69 Å². The van der Waals surface area contributed by atoms with Crippen molar-refractivity contribution in [3.05, 3.63) is 29.8 Å². The lowest BCUT2D eigenvalue weighted by Crippen LogP contribution is -2.45. The number of rotatable bonds is 6. The first-order valence-corrected chi connectivity index (χ1v) is 8.52. The van der Waals surface area contributed by atoms with E-state index in [2.05, 4.69) is 21.6 Å². The molecule has 1 fully saturated rings. The third-order valence-electron chi connectivity index (χ3n) is 4.65.